The largest absolute Gasteiger partial charge is 0.452 e. The van der Waals surface area contributed by atoms with Crippen LogP contribution >= 0.6 is 0 Å². The molecule has 2 saturated heterocycles. The number of aromatic amines is 1. The predicted molar refractivity (Wildman–Crippen MR) is 137 cm³/mol. The fourth-order valence-electron chi connectivity index (χ4n) is 4.36. The molecule has 41 heavy (non-hydrogen) atoms. The van der Waals surface area contributed by atoms with Crippen molar-refractivity contribution in [2.75, 3.05) is 46.1 Å². The van der Waals surface area contributed by atoms with Crippen LogP contribution < -0.4 is 36.7 Å². The third-order valence-corrected chi connectivity index (χ3v) is 8.91. The summed E-state index contributed by atoms with van der Waals surface area (Å²) in [7, 11) is 0. The molecule has 2 aliphatic rings. The number of amides is 1. The van der Waals surface area contributed by atoms with E-state index >= 15 is 0 Å². The van der Waals surface area contributed by atoms with Crippen molar-refractivity contribution in [3.8, 4) is 0 Å². The Morgan fingerprint density at radius 1 is 1.15 bits per heavy atom. The number of nitrogens with one attached hydrogen (secondary N) is 3. The summed E-state index contributed by atoms with van der Waals surface area (Å²) in [4.78, 5) is 33.8. The van der Waals surface area contributed by atoms with E-state index in [1.165, 1.54) is 23.2 Å². The molecule has 2 fully saturated rings. The molecule has 0 aliphatic carbocycles. The van der Waals surface area contributed by atoms with E-state index in [0.29, 0.717) is 43.4 Å². The number of nitrogens with zero attached hydrogens (tertiary/aromatic N) is 7. The Labute approximate surface area is 242 Å². The number of rotatable bonds is 8. The third-order valence-electron chi connectivity index (χ3n) is 6.47. The Morgan fingerprint density at radius 3 is 2.66 bits per heavy atom. The zero-order chi connectivity index (χ0) is 28.6. The number of halogens is 4. The second kappa shape index (κ2) is 11.2. The average Bonchev–Trinajstić information content (AvgIpc) is 3.56. The molecule has 16 heteroatoms. The van der Waals surface area contributed by atoms with Crippen LogP contribution in [0.4, 0.5) is 36.4 Å². The van der Waals surface area contributed by atoms with Crippen molar-refractivity contribution in [3.63, 3.8) is 0 Å². The average molecular weight is 681 g/mol. The van der Waals surface area contributed by atoms with Crippen LogP contribution in [0.25, 0.3) is 0 Å². The van der Waals surface area contributed by atoms with Gasteiger partial charge in [-0.2, -0.15) is 13.2 Å². The maximum Gasteiger partial charge on any atom is 0.452 e. The molecule has 0 radical (unpaired) electrons. The van der Waals surface area contributed by atoms with Gasteiger partial charge in [-0.25, -0.2) is 4.98 Å². The van der Waals surface area contributed by atoms with Gasteiger partial charge < -0.3 is 9.73 Å². The summed E-state index contributed by atoms with van der Waals surface area (Å²) < 4.78 is 46.0. The van der Waals surface area contributed by atoms with E-state index in [1.54, 1.807) is 18.3 Å². The minimum Gasteiger partial charge on any atom is -0.436 e. The molecule has 4 aromatic heterocycles. The molecule has 6 heterocycles. The molecule has 0 spiro atoms. The van der Waals surface area contributed by atoms with E-state index in [0.717, 1.165) is 37.7 Å². The number of pyridine rings is 1. The second-order valence-corrected chi connectivity index (χ2v) is 12.8. The van der Waals surface area contributed by atoms with Gasteiger partial charge in [0.2, 0.25) is 5.76 Å². The summed E-state index contributed by atoms with van der Waals surface area (Å²) in [6.45, 7) is 4.81. The van der Waals surface area contributed by atoms with Crippen LogP contribution in [0.5, 0.6) is 0 Å². The van der Waals surface area contributed by atoms with Gasteiger partial charge in [0, 0.05) is 13.5 Å². The molecule has 216 valence electrons. The molecule has 0 saturated carbocycles. The van der Waals surface area contributed by atoms with Crippen molar-refractivity contribution < 1.29 is 43.6 Å². The standard InChI is InChI=1S/C25H25F3IN10O2/c1-14-32-21(22(41-14)25(26,27)28)23(40)33-15-2-3-16(31-12-15)13-38-6-8-39(9-7-38)24-30-5-4-19(35-24)34-20-10-18(36-37-20)17-11-29-17/h2-5,10,12,17H,6-9,11,13H2,1H3,(H,33,40)(H2,30,34,35,36,37)/q-1. The van der Waals surface area contributed by atoms with Crippen LogP contribution in [0.3, 0.4) is 0 Å². The first-order valence-electron chi connectivity index (χ1n) is 12.7. The minimum atomic E-state index is -4.83. The molecular formula is C25H25F3IN10O2-. The maximum absolute atomic E-state index is 13.1. The summed E-state index contributed by atoms with van der Waals surface area (Å²) in [5, 5.41) is 13.1. The fraction of sp³-hybridized carbons (Fsp3) is 0.360. The van der Waals surface area contributed by atoms with Gasteiger partial charge >= 0.3 is 139 Å². The Hall–Kier alpha value is -3.80. The number of hydrogen-bond acceptors (Lipinski definition) is 10. The topological polar surface area (TPSA) is 141 Å². The molecule has 1 amide bonds. The van der Waals surface area contributed by atoms with Crippen molar-refractivity contribution >= 4 is 29.2 Å². The van der Waals surface area contributed by atoms with Gasteiger partial charge in [0.05, 0.1) is 17.6 Å². The minimum absolute atomic E-state index is 0.246. The third kappa shape index (κ3) is 6.58. The van der Waals surface area contributed by atoms with E-state index in [1.807, 2.05) is 12.1 Å². The van der Waals surface area contributed by atoms with Crippen LogP contribution in [0.1, 0.15) is 37.5 Å². The van der Waals surface area contributed by atoms with Crippen molar-refractivity contribution in [3.05, 3.63) is 65.4 Å². The Balaban J connectivity index is 1.00. The molecule has 0 bridgehead atoms. The van der Waals surface area contributed by atoms with Gasteiger partial charge in [-0.15, -0.1) is 0 Å². The predicted octanol–water partition coefficient (Wildman–Crippen LogP) is 0.372. The summed E-state index contributed by atoms with van der Waals surface area (Å²) in [5.74, 6) is -0.606. The van der Waals surface area contributed by atoms with E-state index < -0.39 is 23.5 Å². The Morgan fingerprint density at radius 2 is 1.95 bits per heavy atom. The number of anilines is 4. The number of carbonyl (C=O) groups excluding carboxylic acids is 1. The number of aromatic nitrogens is 6. The number of carbonyl (C=O) groups is 1. The Bertz CT molecular complexity index is 1530. The number of alkyl halides is 5. The first-order valence-corrected chi connectivity index (χ1v) is 15.5. The second-order valence-electron chi connectivity index (χ2n) is 9.52. The molecule has 12 nitrogen and oxygen atoms in total. The first kappa shape index (κ1) is 27.4. The van der Waals surface area contributed by atoms with Gasteiger partial charge in [-0.1, -0.05) is 0 Å². The zero-order valence-corrected chi connectivity index (χ0v) is 23.9. The number of H-pyrrole nitrogens is 1. The van der Waals surface area contributed by atoms with Gasteiger partial charge in [-0.3, -0.25) is 9.78 Å². The van der Waals surface area contributed by atoms with E-state index in [9.17, 15) is 18.0 Å². The number of piperazine rings is 1. The molecule has 1 atom stereocenters. The SMILES string of the molecule is Cc1nc(C(=O)Nc2ccc(CN3CCN(c4nccc(Nc5cc(C6C[I-]6)[nH]n5)n4)CC3)nc2)c(C(F)(F)F)o1. The number of oxazole rings is 1. The summed E-state index contributed by atoms with van der Waals surface area (Å²) in [5.41, 5.74) is 1.40. The zero-order valence-electron chi connectivity index (χ0n) is 21.7. The molecule has 4 aromatic rings. The fourth-order valence-corrected chi connectivity index (χ4v) is 5.89. The summed E-state index contributed by atoms with van der Waals surface area (Å²) in [6.07, 6.45) is -1.69. The normalized spacial score (nSPS) is 17.7. The number of hydrogen-bond donors (Lipinski definition) is 3. The molecule has 6 rings (SSSR count). The van der Waals surface area contributed by atoms with Gasteiger partial charge in [-0.05, 0) is 12.1 Å². The van der Waals surface area contributed by atoms with Crippen LogP contribution in [-0.4, -0.2) is 71.5 Å². The summed E-state index contributed by atoms with van der Waals surface area (Å²) in [6, 6.07) is 7.19. The van der Waals surface area contributed by atoms with E-state index in [4.69, 9.17) is 0 Å². The van der Waals surface area contributed by atoms with Gasteiger partial charge in [0.25, 0.3) is 5.91 Å². The molecule has 3 N–H and O–H groups in total. The Kier molecular flexibility index (Phi) is 7.50. The number of aryl methyl sites for hydroxylation is 1. The van der Waals surface area contributed by atoms with Crippen LogP contribution in [-0.2, 0) is 12.7 Å². The molecular weight excluding hydrogens is 656 g/mol. The molecule has 2 aliphatic heterocycles. The van der Waals surface area contributed by atoms with Crippen LogP contribution in [0, 0.1) is 6.92 Å². The quantitative estimate of drug-likeness (QED) is 0.177. The van der Waals surface area contributed by atoms with Crippen LogP contribution in [0.15, 0.2) is 41.1 Å². The summed E-state index contributed by atoms with van der Waals surface area (Å²) >= 11 is 0.305. The van der Waals surface area contributed by atoms with Crippen molar-refractivity contribution in [2.45, 2.75) is 23.6 Å². The van der Waals surface area contributed by atoms with Crippen molar-refractivity contribution in [2.24, 2.45) is 0 Å². The van der Waals surface area contributed by atoms with Crippen LogP contribution in [0.2, 0.25) is 0 Å². The first-order chi connectivity index (χ1) is 19.7. The van der Waals surface area contributed by atoms with E-state index in [2.05, 4.69) is 55.0 Å². The van der Waals surface area contributed by atoms with Gasteiger partial charge in [0.15, 0.2) is 11.6 Å². The van der Waals surface area contributed by atoms with E-state index in [-0.39, 0.29) is 11.6 Å². The maximum atomic E-state index is 13.1. The van der Waals surface area contributed by atoms with Crippen molar-refractivity contribution in [1.29, 1.82) is 0 Å². The van der Waals surface area contributed by atoms with Crippen molar-refractivity contribution in [1.82, 2.24) is 35.0 Å². The molecule has 1 unspecified atom stereocenters. The van der Waals surface area contributed by atoms with Gasteiger partial charge in [0.1, 0.15) is 0 Å². The smallest absolute Gasteiger partial charge is 0.436 e. The monoisotopic (exact) mass is 681 g/mol. The molecule has 0 aromatic carbocycles.